The largest absolute Gasteiger partial charge is 0.388 e. The van der Waals surface area contributed by atoms with Gasteiger partial charge in [0.2, 0.25) is 0 Å². The molecule has 84 valence electrons. The number of aliphatic hydroxyl groups is 1. The summed E-state index contributed by atoms with van der Waals surface area (Å²) in [5.74, 6) is 0. The van der Waals surface area contributed by atoms with Crippen LogP contribution in [0.5, 0.6) is 0 Å². The molecule has 0 bridgehead atoms. The van der Waals surface area contributed by atoms with Crippen molar-refractivity contribution in [2.45, 2.75) is 25.9 Å². The van der Waals surface area contributed by atoms with Crippen molar-refractivity contribution < 1.29 is 5.11 Å². The van der Waals surface area contributed by atoms with Crippen molar-refractivity contribution in [1.29, 1.82) is 0 Å². The van der Waals surface area contributed by atoms with E-state index in [1.54, 1.807) is 11.3 Å². The van der Waals surface area contributed by atoms with Crippen molar-refractivity contribution in [2.75, 3.05) is 0 Å². The van der Waals surface area contributed by atoms with E-state index in [1.165, 1.54) is 11.1 Å². The Morgan fingerprint density at radius 3 is 2.75 bits per heavy atom. The van der Waals surface area contributed by atoms with Crippen LogP contribution in [-0.2, 0) is 12.8 Å². The van der Waals surface area contributed by atoms with Crippen molar-refractivity contribution in [3.63, 3.8) is 0 Å². The summed E-state index contributed by atoms with van der Waals surface area (Å²) in [7, 11) is 0. The minimum atomic E-state index is -0.384. The fourth-order valence-electron chi connectivity index (χ4n) is 1.92. The molecule has 2 heteroatoms. The second-order valence-electron chi connectivity index (χ2n) is 3.90. The maximum Gasteiger partial charge on any atom is 0.0833 e. The molecule has 0 saturated heterocycles. The van der Waals surface area contributed by atoms with Crippen molar-refractivity contribution in [3.8, 4) is 0 Å². The quantitative estimate of drug-likeness (QED) is 0.854. The highest BCUT2D eigenvalue weighted by molar-refractivity contribution is 7.07. The average Bonchev–Trinajstić information content (AvgIpc) is 2.81. The summed E-state index contributed by atoms with van der Waals surface area (Å²) in [5, 5.41) is 14.4. The number of rotatable bonds is 4. The molecule has 1 atom stereocenters. The van der Waals surface area contributed by atoms with E-state index in [0.29, 0.717) is 6.42 Å². The van der Waals surface area contributed by atoms with Crippen LogP contribution >= 0.6 is 11.3 Å². The van der Waals surface area contributed by atoms with Crippen molar-refractivity contribution in [2.24, 2.45) is 0 Å². The molecule has 0 aliphatic carbocycles. The lowest BCUT2D eigenvalue weighted by Crippen LogP contribution is -2.04. The molecular weight excluding hydrogens is 216 g/mol. The molecule has 1 N–H and O–H groups in total. The lowest BCUT2D eigenvalue weighted by Gasteiger charge is -2.14. The maximum absolute atomic E-state index is 10.2. The summed E-state index contributed by atoms with van der Waals surface area (Å²) >= 11 is 1.68. The van der Waals surface area contributed by atoms with Gasteiger partial charge in [-0.2, -0.15) is 11.3 Å². The van der Waals surface area contributed by atoms with E-state index in [1.807, 2.05) is 23.6 Å². The average molecular weight is 232 g/mol. The molecule has 0 spiro atoms. The summed E-state index contributed by atoms with van der Waals surface area (Å²) in [6.45, 7) is 2.12. The molecule has 2 rings (SSSR count). The summed E-state index contributed by atoms with van der Waals surface area (Å²) in [6.07, 6.45) is 1.29. The molecule has 0 aliphatic rings. The van der Waals surface area contributed by atoms with Gasteiger partial charge < -0.3 is 5.11 Å². The van der Waals surface area contributed by atoms with Gasteiger partial charge in [0.05, 0.1) is 6.10 Å². The van der Waals surface area contributed by atoms with Gasteiger partial charge >= 0.3 is 0 Å². The zero-order valence-electron chi connectivity index (χ0n) is 9.39. The van der Waals surface area contributed by atoms with Gasteiger partial charge in [0.25, 0.3) is 0 Å². The predicted molar refractivity (Wildman–Crippen MR) is 68.8 cm³/mol. The Bertz CT molecular complexity index is 434. The molecule has 0 radical (unpaired) electrons. The molecule has 2 aromatic rings. The fourth-order valence-corrected chi connectivity index (χ4v) is 2.60. The molecule has 0 amide bonds. The third kappa shape index (κ3) is 2.52. The lowest BCUT2D eigenvalue weighted by molar-refractivity contribution is 0.177. The second-order valence-corrected chi connectivity index (χ2v) is 4.68. The third-order valence-electron chi connectivity index (χ3n) is 2.80. The first-order chi connectivity index (χ1) is 7.81. The van der Waals surface area contributed by atoms with Crippen LogP contribution in [0.3, 0.4) is 0 Å². The molecule has 1 unspecified atom stereocenters. The van der Waals surface area contributed by atoms with Crippen LogP contribution < -0.4 is 0 Å². The molecule has 1 heterocycles. The Labute approximate surface area is 100 Å². The smallest absolute Gasteiger partial charge is 0.0833 e. The van der Waals surface area contributed by atoms with Crippen LogP contribution in [0.2, 0.25) is 0 Å². The summed E-state index contributed by atoms with van der Waals surface area (Å²) in [6, 6.07) is 10.2. The van der Waals surface area contributed by atoms with Gasteiger partial charge in [-0.3, -0.25) is 0 Å². The normalized spacial score (nSPS) is 12.6. The van der Waals surface area contributed by atoms with Crippen LogP contribution in [0, 0.1) is 0 Å². The maximum atomic E-state index is 10.2. The highest BCUT2D eigenvalue weighted by Gasteiger charge is 2.11. The first-order valence-corrected chi connectivity index (χ1v) is 6.52. The van der Waals surface area contributed by atoms with Gasteiger partial charge in [-0.05, 0) is 39.9 Å². The van der Waals surface area contributed by atoms with Crippen molar-refractivity contribution in [1.82, 2.24) is 0 Å². The van der Waals surface area contributed by atoms with E-state index >= 15 is 0 Å². The summed E-state index contributed by atoms with van der Waals surface area (Å²) < 4.78 is 0. The minimum Gasteiger partial charge on any atom is -0.388 e. The van der Waals surface area contributed by atoms with Crippen LogP contribution in [0.15, 0.2) is 41.1 Å². The number of hydrogen-bond donors (Lipinski definition) is 1. The zero-order chi connectivity index (χ0) is 11.4. The minimum absolute atomic E-state index is 0.384. The monoisotopic (exact) mass is 232 g/mol. The van der Waals surface area contributed by atoms with Crippen LogP contribution in [0.4, 0.5) is 0 Å². The van der Waals surface area contributed by atoms with E-state index in [2.05, 4.69) is 24.4 Å². The number of thiophene rings is 1. The van der Waals surface area contributed by atoms with Crippen molar-refractivity contribution >= 4 is 11.3 Å². The Balaban J connectivity index is 2.17. The first kappa shape index (κ1) is 11.4. The number of hydrogen-bond acceptors (Lipinski definition) is 2. The molecule has 0 aliphatic heterocycles. The van der Waals surface area contributed by atoms with E-state index in [9.17, 15) is 5.11 Å². The molecular formula is C14H16OS. The first-order valence-electron chi connectivity index (χ1n) is 5.58. The van der Waals surface area contributed by atoms with Crippen LogP contribution in [0.1, 0.15) is 29.7 Å². The second kappa shape index (κ2) is 5.28. The SMILES string of the molecule is CCc1ccccc1C(O)Cc1ccsc1. The van der Waals surface area contributed by atoms with Crippen LogP contribution in [-0.4, -0.2) is 5.11 Å². The summed E-state index contributed by atoms with van der Waals surface area (Å²) in [4.78, 5) is 0. The molecule has 0 saturated carbocycles. The highest BCUT2D eigenvalue weighted by atomic mass is 32.1. The predicted octanol–water partition coefficient (Wildman–Crippen LogP) is 3.59. The standard InChI is InChI=1S/C14H16OS/c1-2-12-5-3-4-6-13(12)14(15)9-11-7-8-16-10-11/h3-8,10,14-15H,2,9H2,1H3. The van der Waals surface area contributed by atoms with Gasteiger partial charge in [-0.25, -0.2) is 0 Å². The van der Waals surface area contributed by atoms with Gasteiger partial charge in [-0.15, -0.1) is 0 Å². The third-order valence-corrected chi connectivity index (χ3v) is 3.54. The Kier molecular flexibility index (Phi) is 3.75. The summed E-state index contributed by atoms with van der Waals surface area (Å²) in [5.41, 5.74) is 3.52. The van der Waals surface area contributed by atoms with E-state index in [4.69, 9.17) is 0 Å². The molecule has 1 nitrogen and oxygen atoms in total. The lowest BCUT2D eigenvalue weighted by atomic mass is 9.97. The van der Waals surface area contributed by atoms with E-state index in [0.717, 1.165) is 12.0 Å². The van der Waals surface area contributed by atoms with Gasteiger partial charge in [0.1, 0.15) is 0 Å². The molecule has 0 fully saturated rings. The Morgan fingerprint density at radius 1 is 1.25 bits per heavy atom. The van der Waals surface area contributed by atoms with Crippen LogP contribution in [0.25, 0.3) is 0 Å². The topological polar surface area (TPSA) is 20.2 Å². The molecule has 1 aromatic carbocycles. The molecule has 16 heavy (non-hydrogen) atoms. The van der Waals surface area contributed by atoms with E-state index < -0.39 is 0 Å². The molecule has 1 aromatic heterocycles. The van der Waals surface area contributed by atoms with Crippen molar-refractivity contribution in [3.05, 3.63) is 57.8 Å². The van der Waals surface area contributed by atoms with Gasteiger partial charge in [0, 0.05) is 6.42 Å². The van der Waals surface area contributed by atoms with Gasteiger partial charge in [0.15, 0.2) is 0 Å². The fraction of sp³-hybridized carbons (Fsp3) is 0.286. The number of aryl methyl sites for hydroxylation is 1. The number of aliphatic hydroxyl groups excluding tert-OH is 1. The van der Waals surface area contributed by atoms with E-state index in [-0.39, 0.29) is 6.10 Å². The highest BCUT2D eigenvalue weighted by Crippen LogP contribution is 2.23. The zero-order valence-corrected chi connectivity index (χ0v) is 10.2. The number of benzene rings is 1. The Hall–Kier alpha value is -1.12. The van der Waals surface area contributed by atoms with Gasteiger partial charge in [-0.1, -0.05) is 31.2 Å². The Morgan fingerprint density at radius 2 is 2.06 bits per heavy atom.